The van der Waals surface area contributed by atoms with Crippen LogP contribution in [0.2, 0.25) is 0 Å². The van der Waals surface area contributed by atoms with Crippen LogP contribution in [0.4, 0.5) is 0 Å². The molecule has 2 nitrogen and oxygen atoms in total. The Morgan fingerprint density at radius 1 is 1.45 bits per heavy atom. The van der Waals surface area contributed by atoms with Crippen molar-refractivity contribution in [3.63, 3.8) is 0 Å². The molecule has 0 unspecified atom stereocenters. The van der Waals surface area contributed by atoms with E-state index in [-0.39, 0.29) is 5.91 Å². The Morgan fingerprint density at radius 2 is 2.00 bits per heavy atom. The summed E-state index contributed by atoms with van der Waals surface area (Å²) < 4.78 is 0. The third-order valence-corrected chi connectivity index (χ3v) is 1.85. The first-order valence-corrected chi connectivity index (χ1v) is 3.68. The number of carbonyl (C=O) groups is 1. The van der Waals surface area contributed by atoms with Crippen LogP contribution in [0.3, 0.4) is 0 Å². The summed E-state index contributed by atoms with van der Waals surface area (Å²) >= 11 is 0. The summed E-state index contributed by atoms with van der Waals surface area (Å²) in [7, 11) is 1.80. The number of carbonyl (C=O) groups excluding carboxylic acids is 1. The molecular formula is C9H13NO. The molecule has 0 aromatic rings. The number of amides is 1. The van der Waals surface area contributed by atoms with Crippen molar-refractivity contribution >= 4 is 5.91 Å². The van der Waals surface area contributed by atoms with Crippen LogP contribution >= 0.6 is 0 Å². The van der Waals surface area contributed by atoms with Gasteiger partial charge in [-0.25, -0.2) is 0 Å². The summed E-state index contributed by atoms with van der Waals surface area (Å²) in [4.78, 5) is 12.8. The molecule has 1 rings (SSSR count). The van der Waals surface area contributed by atoms with E-state index in [0.717, 1.165) is 11.3 Å². The quantitative estimate of drug-likeness (QED) is 0.516. The van der Waals surface area contributed by atoms with Crippen molar-refractivity contribution in [2.75, 3.05) is 7.05 Å². The van der Waals surface area contributed by atoms with Gasteiger partial charge in [-0.3, -0.25) is 4.79 Å². The van der Waals surface area contributed by atoms with Gasteiger partial charge in [0.2, 0.25) is 0 Å². The predicted molar refractivity (Wildman–Crippen MR) is 44.9 cm³/mol. The first kappa shape index (κ1) is 8.05. The first-order chi connectivity index (χ1) is 5.04. The average molecular weight is 151 g/mol. The van der Waals surface area contributed by atoms with E-state index in [1.165, 1.54) is 5.57 Å². The van der Waals surface area contributed by atoms with E-state index in [1.807, 2.05) is 20.8 Å². The molecule has 0 saturated carbocycles. The smallest absolute Gasteiger partial charge is 0.251 e. The van der Waals surface area contributed by atoms with Gasteiger partial charge in [-0.1, -0.05) is 5.57 Å². The minimum atomic E-state index is 0.0821. The highest BCUT2D eigenvalue weighted by Gasteiger charge is 2.21. The molecule has 0 aromatic carbocycles. The summed E-state index contributed by atoms with van der Waals surface area (Å²) in [6, 6.07) is 0. The van der Waals surface area contributed by atoms with Crippen molar-refractivity contribution in [1.29, 1.82) is 0 Å². The Hall–Kier alpha value is -1.05. The normalized spacial score (nSPS) is 17.5. The summed E-state index contributed by atoms with van der Waals surface area (Å²) in [6.45, 7) is 5.99. The zero-order valence-electron chi connectivity index (χ0n) is 7.43. The topological polar surface area (TPSA) is 20.3 Å². The second-order valence-corrected chi connectivity index (χ2v) is 3.07. The number of hydrogen-bond acceptors (Lipinski definition) is 1. The molecular weight excluding hydrogens is 138 g/mol. The fourth-order valence-electron chi connectivity index (χ4n) is 1.45. The van der Waals surface area contributed by atoms with E-state index in [1.54, 1.807) is 18.0 Å². The monoisotopic (exact) mass is 151 g/mol. The van der Waals surface area contributed by atoms with Crippen molar-refractivity contribution in [2.45, 2.75) is 20.8 Å². The highest BCUT2D eigenvalue weighted by molar-refractivity contribution is 5.94. The van der Waals surface area contributed by atoms with Gasteiger partial charge in [-0.2, -0.15) is 0 Å². The van der Waals surface area contributed by atoms with E-state index in [2.05, 4.69) is 0 Å². The zero-order chi connectivity index (χ0) is 8.59. The Labute approximate surface area is 67.2 Å². The van der Waals surface area contributed by atoms with E-state index in [4.69, 9.17) is 0 Å². The van der Waals surface area contributed by atoms with Crippen molar-refractivity contribution in [3.05, 3.63) is 22.9 Å². The summed E-state index contributed by atoms with van der Waals surface area (Å²) in [5.41, 5.74) is 3.32. The van der Waals surface area contributed by atoms with Crippen molar-refractivity contribution in [2.24, 2.45) is 0 Å². The average Bonchev–Trinajstić information content (AvgIpc) is 2.07. The van der Waals surface area contributed by atoms with Crippen LogP contribution in [-0.2, 0) is 4.79 Å². The van der Waals surface area contributed by atoms with Crippen LogP contribution in [0.1, 0.15) is 20.8 Å². The lowest BCUT2D eigenvalue weighted by Crippen LogP contribution is -2.19. The molecule has 0 spiro atoms. The van der Waals surface area contributed by atoms with Gasteiger partial charge >= 0.3 is 0 Å². The molecule has 11 heavy (non-hydrogen) atoms. The van der Waals surface area contributed by atoms with Gasteiger partial charge < -0.3 is 4.90 Å². The third-order valence-electron chi connectivity index (χ3n) is 1.85. The molecule has 1 heterocycles. The minimum absolute atomic E-state index is 0.0821. The zero-order valence-corrected chi connectivity index (χ0v) is 7.43. The maximum absolute atomic E-state index is 11.1. The molecule has 2 heteroatoms. The van der Waals surface area contributed by atoms with Gasteiger partial charge in [0, 0.05) is 18.8 Å². The Kier molecular flexibility index (Phi) is 1.85. The van der Waals surface area contributed by atoms with Crippen LogP contribution in [0, 0.1) is 0 Å². The third kappa shape index (κ3) is 1.20. The van der Waals surface area contributed by atoms with Gasteiger partial charge in [0.1, 0.15) is 0 Å². The molecule has 0 N–H and O–H groups in total. The minimum Gasteiger partial charge on any atom is -0.312 e. The number of likely N-dealkylation sites (N-methyl/N-ethyl adjacent to an activating group) is 1. The van der Waals surface area contributed by atoms with E-state index >= 15 is 0 Å². The Balaban J connectivity index is 3.12. The number of rotatable bonds is 0. The molecule has 0 radical (unpaired) electrons. The van der Waals surface area contributed by atoms with Gasteiger partial charge in [0.25, 0.3) is 5.91 Å². The van der Waals surface area contributed by atoms with E-state index < -0.39 is 0 Å². The highest BCUT2D eigenvalue weighted by Crippen LogP contribution is 2.23. The molecule has 0 bridgehead atoms. The van der Waals surface area contributed by atoms with Gasteiger partial charge in [0.05, 0.1) is 0 Å². The van der Waals surface area contributed by atoms with Crippen molar-refractivity contribution in [3.8, 4) is 0 Å². The van der Waals surface area contributed by atoms with Gasteiger partial charge in [-0.05, 0) is 26.3 Å². The highest BCUT2D eigenvalue weighted by atomic mass is 16.2. The fourth-order valence-corrected chi connectivity index (χ4v) is 1.45. The van der Waals surface area contributed by atoms with Crippen LogP contribution in [0.15, 0.2) is 22.9 Å². The van der Waals surface area contributed by atoms with Crippen molar-refractivity contribution in [1.82, 2.24) is 4.90 Å². The lowest BCUT2D eigenvalue weighted by Gasteiger charge is -2.14. The maximum atomic E-state index is 11.1. The van der Waals surface area contributed by atoms with Crippen LogP contribution < -0.4 is 0 Å². The number of nitrogens with zero attached hydrogens (tertiary/aromatic N) is 1. The van der Waals surface area contributed by atoms with Crippen LogP contribution in [-0.4, -0.2) is 17.9 Å². The van der Waals surface area contributed by atoms with E-state index in [9.17, 15) is 4.79 Å². The number of hydrogen-bond donors (Lipinski definition) is 0. The SMILES string of the molecule is CC1=CC(=O)N(C)C1=C(C)C. The molecule has 0 aromatic heterocycles. The van der Waals surface area contributed by atoms with Crippen LogP contribution in [0.25, 0.3) is 0 Å². The molecule has 0 fully saturated rings. The fraction of sp³-hybridized carbons (Fsp3) is 0.444. The maximum Gasteiger partial charge on any atom is 0.251 e. The molecule has 0 aliphatic carbocycles. The first-order valence-electron chi connectivity index (χ1n) is 3.68. The van der Waals surface area contributed by atoms with Gasteiger partial charge in [-0.15, -0.1) is 0 Å². The second-order valence-electron chi connectivity index (χ2n) is 3.07. The standard InChI is InChI=1S/C9H13NO/c1-6(2)9-7(3)5-8(11)10(9)4/h5H,1-4H3. The summed E-state index contributed by atoms with van der Waals surface area (Å²) in [6.07, 6.45) is 1.67. The number of allylic oxidation sites excluding steroid dienone is 2. The van der Waals surface area contributed by atoms with E-state index in [0.29, 0.717) is 0 Å². The Morgan fingerprint density at radius 3 is 2.18 bits per heavy atom. The molecule has 0 saturated heterocycles. The van der Waals surface area contributed by atoms with Crippen LogP contribution in [0.5, 0.6) is 0 Å². The predicted octanol–water partition coefficient (Wildman–Crippen LogP) is 1.70. The molecule has 0 atom stereocenters. The lowest BCUT2D eigenvalue weighted by molar-refractivity contribution is -0.122. The molecule has 60 valence electrons. The molecule has 1 aliphatic heterocycles. The van der Waals surface area contributed by atoms with Gasteiger partial charge in [0.15, 0.2) is 0 Å². The second kappa shape index (κ2) is 2.53. The molecule has 1 amide bonds. The molecule has 1 aliphatic rings. The Bertz CT molecular complexity index is 257. The lowest BCUT2D eigenvalue weighted by atomic mass is 10.1. The van der Waals surface area contributed by atoms with Crippen molar-refractivity contribution < 1.29 is 4.79 Å². The summed E-state index contributed by atoms with van der Waals surface area (Å²) in [5, 5.41) is 0. The largest absolute Gasteiger partial charge is 0.312 e. The summed E-state index contributed by atoms with van der Waals surface area (Å²) in [5.74, 6) is 0.0821.